The second-order valence-corrected chi connectivity index (χ2v) is 2.98. The van der Waals surface area contributed by atoms with Crippen molar-refractivity contribution in [1.29, 1.82) is 0 Å². The number of hydrogen-bond acceptors (Lipinski definition) is 4. The second-order valence-electron chi connectivity index (χ2n) is 2.98. The summed E-state index contributed by atoms with van der Waals surface area (Å²) >= 11 is 0. The van der Waals surface area contributed by atoms with Gasteiger partial charge in [-0.05, 0) is 27.7 Å². The van der Waals surface area contributed by atoms with Gasteiger partial charge in [0.2, 0.25) is 0 Å². The first-order chi connectivity index (χ1) is 6.36. The van der Waals surface area contributed by atoms with Crippen molar-refractivity contribution in [3.05, 3.63) is 0 Å². The van der Waals surface area contributed by atoms with E-state index in [0.717, 1.165) is 0 Å². The van der Waals surface area contributed by atoms with E-state index in [1.165, 1.54) is 28.1 Å². The molecular formula is C10H20O4. The highest BCUT2D eigenvalue weighted by molar-refractivity contribution is 5.80. The van der Waals surface area contributed by atoms with Crippen molar-refractivity contribution in [2.45, 2.75) is 39.9 Å². The molecule has 14 heavy (non-hydrogen) atoms. The standard InChI is InChI=1S/2C5H10O2/c2*1-4(6)5(2)7-3/h2*5H,1-3H3/t2*5-/m10/s1. The largest absolute Gasteiger partial charge is 0.374 e. The molecule has 0 aliphatic carbocycles. The number of carbonyl (C=O) groups is 2. The summed E-state index contributed by atoms with van der Waals surface area (Å²) in [6, 6.07) is 0. The number of hydrogen-bond donors (Lipinski definition) is 0. The van der Waals surface area contributed by atoms with Crippen LogP contribution in [-0.4, -0.2) is 38.0 Å². The van der Waals surface area contributed by atoms with E-state index in [1.54, 1.807) is 13.8 Å². The summed E-state index contributed by atoms with van der Waals surface area (Å²) in [5.41, 5.74) is 0. The van der Waals surface area contributed by atoms with Crippen molar-refractivity contribution in [1.82, 2.24) is 0 Å². The monoisotopic (exact) mass is 204 g/mol. The van der Waals surface area contributed by atoms with Crippen molar-refractivity contribution in [2.75, 3.05) is 14.2 Å². The molecule has 0 aliphatic rings. The van der Waals surface area contributed by atoms with Crippen LogP contribution in [0.5, 0.6) is 0 Å². The van der Waals surface area contributed by atoms with E-state index in [4.69, 9.17) is 0 Å². The van der Waals surface area contributed by atoms with Crippen molar-refractivity contribution in [2.24, 2.45) is 0 Å². The summed E-state index contributed by atoms with van der Waals surface area (Å²) in [5, 5.41) is 0. The highest BCUT2D eigenvalue weighted by atomic mass is 16.5. The topological polar surface area (TPSA) is 52.6 Å². The van der Waals surface area contributed by atoms with Crippen LogP contribution in [0.3, 0.4) is 0 Å². The maximum atomic E-state index is 10.2. The minimum absolute atomic E-state index is 0.0718. The lowest BCUT2D eigenvalue weighted by Crippen LogP contribution is -2.14. The Balaban J connectivity index is 0. The van der Waals surface area contributed by atoms with Crippen molar-refractivity contribution < 1.29 is 19.1 Å². The molecule has 0 unspecified atom stereocenters. The maximum Gasteiger partial charge on any atom is 0.158 e. The van der Waals surface area contributed by atoms with E-state index in [-0.39, 0.29) is 23.8 Å². The van der Waals surface area contributed by atoms with Gasteiger partial charge in [-0.2, -0.15) is 0 Å². The third-order valence-corrected chi connectivity index (χ3v) is 1.85. The second kappa shape index (κ2) is 8.84. The zero-order chi connectivity index (χ0) is 11.7. The summed E-state index contributed by atoms with van der Waals surface area (Å²) in [7, 11) is 3.04. The van der Waals surface area contributed by atoms with Crippen LogP contribution in [0.4, 0.5) is 0 Å². The first-order valence-electron chi connectivity index (χ1n) is 4.43. The van der Waals surface area contributed by atoms with Gasteiger partial charge in [-0.15, -0.1) is 0 Å². The van der Waals surface area contributed by atoms with Crippen LogP contribution in [0.15, 0.2) is 0 Å². The minimum atomic E-state index is -0.236. The Morgan fingerprint density at radius 3 is 1.07 bits per heavy atom. The molecule has 0 aromatic heterocycles. The Labute approximate surface area is 85.6 Å². The molecule has 0 heterocycles. The number of Topliss-reactive ketones (excluding diaryl/α,β-unsaturated/α-hetero) is 2. The predicted octanol–water partition coefficient (Wildman–Crippen LogP) is 1.22. The fourth-order valence-corrected chi connectivity index (χ4v) is 0.332. The van der Waals surface area contributed by atoms with Crippen LogP contribution < -0.4 is 0 Å². The molecule has 0 radical (unpaired) electrons. The normalized spacial score (nSPS) is 13.6. The Hall–Kier alpha value is -0.740. The van der Waals surface area contributed by atoms with Gasteiger partial charge in [-0.1, -0.05) is 0 Å². The van der Waals surface area contributed by atoms with Crippen molar-refractivity contribution in [3.63, 3.8) is 0 Å². The van der Waals surface area contributed by atoms with Gasteiger partial charge in [0.1, 0.15) is 12.2 Å². The summed E-state index contributed by atoms with van der Waals surface area (Å²) in [6.45, 7) is 6.47. The SMILES string of the molecule is CO[C@@H](C)C(C)=O.CO[C@H](C)C(C)=O. The van der Waals surface area contributed by atoms with Crippen molar-refractivity contribution >= 4 is 11.6 Å². The highest BCUT2D eigenvalue weighted by Gasteiger charge is 2.02. The molecule has 0 aliphatic heterocycles. The minimum Gasteiger partial charge on any atom is -0.374 e. The smallest absolute Gasteiger partial charge is 0.158 e. The highest BCUT2D eigenvalue weighted by Crippen LogP contribution is 1.86. The zero-order valence-corrected chi connectivity index (χ0v) is 9.79. The summed E-state index contributed by atoms with van der Waals surface area (Å²) in [4.78, 5) is 20.5. The fourth-order valence-electron chi connectivity index (χ4n) is 0.332. The van der Waals surface area contributed by atoms with E-state index in [2.05, 4.69) is 9.47 Å². The van der Waals surface area contributed by atoms with E-state index >= 15 is 0 Å². The molecule has 0 rings (SSSR count). The van der Waals surface area contributed by atoms with E-state index in [1.807, 2.05) is 0 Å². The summed E-state index contributed by atoms with van der Waals surface area (Å²) < 4.78 is 9.32. The van der Waals surface area contributed by atoms with Gasteiger partial charge in [0.25, 0.3) is 0 Å². The fraction of sp³-hybridized carbons (Fsp3) is 0.800. The molecule has 0 saturated carbocycles. The van der Waals surface area contributed by atoms with Gasteiger partial charge in [0.15, 0.2) is 11.6 Å². The van der Waals surface area contributed by atoms with Gasteiger partial charge < -0.3 is 9.47 Å². The van der Waals surface area contributed by atoms with Gasteiger partial charge in [0.05, 0.1) is 0 Å². The molecule has 0 fully saturated rings. The van der Waals surface area contributed by atoms with Gasteiger partial charge in [-0.3, -0.25) is 9.59 Å². The molecule has 0 aromatic rings. The van der Waals surface area contributed by atoms with Gasteiger partial charge in [0, 0.05) is 14.2 Å². The molecule has 4 heteroatoms. The van der Waals surface area contributed by atoms with Crippen LogP contribution in [0.1, 0.15) is 27.7 Å². The third kappa shape index (κ3) is 9.35. The third-order valence-electron chi connectivity index (χ3n) is 1.85. The number of ketones is 2. The maximum absolute atomic E-state index is 10.2. The zero-order valence-electron chi connectivity index (χ0n) is 9.79. The molecule has 0 spiro atoms. The quantitative estimate of drug-likeness (QED) is 0.691. The molecule has 0 bridgehead atoms. The van der Waals surface area contributed by atoms with E-state index in [0.29, 0.717) is 0 Å². The lowest BCUT2D eigenvalue weighted by atomic mass is 10.3. The molecule has 0 aromatic carbocycles. The number of rotatable bonds is 4. The number of ether oxygens (including phenoxy) is 2. The Kier molecular flexibility index (Phi) is 9.93. The first-order valence-corrected chi connectivity index (χ1v) is 4.43. The summed E-state index contributed by atoms with van der Waals surface area (Å²) in [5.74, 6) is 0.144. The Morgan fingerprint density at radius 2 is 1.07 bits per heavy atom. The lowest BCUT2D eigenvalue weighted by Gasteiger charge is -2.00. The average molecular weight is 204 g/mol. The first kappa shape index (κ1) is 15.7. The molecule has 0 N–H and O–H groups in total. The number of methoxy groups -OCH3 is 2. The van der Waals surface area contributed by atoms with Crippen molar-refractivity contribution in [3.8, 4) is 0 Å². The number of carbonyl (C=O) groups excluding carboxylic acids is 2. The Bertz CT molecular complexity index is 157. The van der Waals surface area contributed by atoms with E-state index in [9.17, 15) is 9.59 Å². The van der Waals surface area contributed by atoms with Gasteiger partial charge in [-0.25, -0.2) is 0 Å². The molecule has 84 valence electrons. The van der Waals surface area contributed by atoms with Crippen LogP contribution in [0, 0.1) is 0 Å². The van der Waals surface area contributed by atoms with Crippen LogP contribution >= 0.6 is 0 Å². The predicted molar refractivity (Wildman–Crippen MR) is 54.3 cm³/mol. The lowest BCUT2D eigenvalue weighted by molar-refractivity contribution is -0.126. The molecule has 4 nitrogen and oxygen atoms in total. The molecule has 0 saturated heterocycles. The van der Waals surface area contributed by atoms with Crippen LogP contribution in [-0.2, 0) is 19.1 Å². The molecular weight excluding hydrogens is 184 g/mol. The summed E-state index contributed by atoms with van der Waals surface area (Å²) in [6.07, 6.45) is -0.472. The van der Waals surface area contributed by atoms with Crippen LogP contribution in [0.25, 0.3) is 0 Å². The Morgan fingerprint density at radius 1 is 0.857 bits per heavy atom. The van der Waals surface area contributed by atoms with Gasteiger partial charge >= 0.3 is 0 Å². The van der Waals surface area contributed by atoms with E-state index < -0.39 is 0 Å². The average Bonchev–Trinajstić information content (AvgIpc) is 2.15. The molecule has 2 atom stereocenters. The molecule has 0 amide bonds. The van der Waals surface area contributed by atoms with Crippen LogP contribution in [0.2, 0.25) is 0 Å².